The third-order valence-electron chi connectivity index (χ3n) is 5.47. The van der Waals surface area contributed by atoms with Crippen molar-refractivity contribution < 1.29 is 4.79 Å². The molecule has 2 atom stereocenters. The van der Waals surface area contributed by atoms with E-state index in [1.807, 2.05) is 11.9 Å². The van der Waals surface area contributed by atoms with Crippen LogP contribution in [0.4, 0.5) is 0 Å². The first-order chi connectivity index (χ1) is 9.20. The van der Waals surface area contributed by atoms with Crippen molar-refractivity contribution in [2.75, 3.05) is 13.6 Å². The molecule has 20 heavy (non-hydrogen) atoms. The normalized spacial score (nSPS) is 33.0. The Balaban J connectivity index is 0.00000147. The lowest BCUT2D eigenvalue weighted by molar-refractivity contribution is -0.131. The van der Waals surface area contributed by atoms with E-state index in [-0.39, 0.29) is 12.4 Å². The molecular formula is C16H29ClN2O. The lowest BCUT2D eigenvalue weighted by Crippen LogP contribution is -2.40. The Morgan fingerprint density at radius 1 is 1.05 bits per heavy atom. The predicted molar refractivity (Wildman–Crippen MR) is 84.1 cm³/mol. The van der Waals surface area contributed by atoms with Gasteiger partial charge < -0.3 is 10.2 Å². The second-order valence-corrected chi connectivity index (χ2v) is 7.10. The highest BCUT2D eigenvalue weighted by Gasteiger charge is 2.34. The van der Waals surface area contributed by atoms with Gasteiger partial charge in [0.15, 0.2) is 0 Å². The van der Waals surface area contributed by atoms with Crippen molar-refractivity contribution >= 4 is 18.3 Å². The zero-order valence-corrected chi connectivity index (χ0v) is 13.5. The van der Waals surface area contributed by atoms with E-state index in [9.17, 15) is 4.79 Å². The molecule has 2 bridgehead atoms. The molecule has 3 aliphatic rings. The highest BCUT2D eigenvalue weighted by Crippen LogP contribution is 2.33. The van der Waals surface area contributed by atoms with Gasteiger partial charge in [-0.1, -0.05) is 12.8 Å². The van der Waals surface area contributed by atoms with Crippen LogP contribution in [0.2, 0.25) is 0 Å². The SMILES string of the molecule is CN(CC1CCCC1)C(=O)CC1CC2CCC(C1)N2.Cl. The molecule has 116 valence electrons. The molecule has 0 aromatic carbocycles. The van der Waals surface area contributed by atoms with Crippen LogP contribution in [0.3, 0.4) is 0 Å². The van der Waals surface area contributed by atoms with Gasteiger partial charge in [0.25, 0.3) is 0 Å². The molecule has 1 saturated carbocycles. The minimum Gasteiger partial charge on any atom is -0.345 e. The van der Waals surface area contributed by atoms with Gasteiger partial charge in [0.1, 0.15) is 0 Å². The smallest absolute Gasteiger partial charge is 0.222 e. The van der Waals surface area contributed by atoms with Gasteiger partial charge in [0, 0.05) is 32.1 Å². The quantitative estimate of drug-likeness (QED) is 0.866. The second kappa shape index (κ2) is 7.13. The number of fused-ring (bicyclic) bond motifs is 2. The van der Waals surface area contributed by atoms with Crippen LogP contribution in [-0.4, -0.2) is 36.5 Å². The van der Waals surface area contributed by atoms with Crippen LogP contribution < -0.4 is 5.32 Å². The maximum atomic E-state index is 12.3. The summed E-state index contributed by atoms with van der Waals surface area (Å²) in [6.45, 7) is 0.997. The van der Waals surface area contributed by atoms with Crippen LogP contribution >= 0.6 is 12.4 Å². The number of halogens is 1. The number of nitrogens with one attached hydrogen (secondary N) is 1. The van der Waals surface area contributed by atoms with E-state index in [0.29, 0.717) is 23.9 Å². The Morgan fingerprint density at radius 2 is 1.65 bits per heavy atom. The zero-order chi connectivity index (χ0) is 13.2. The summed E-state index contributed by atoms with van der Waals surface area (Å²) in [6, 6.07) is 1.41. The van der Waals surface area contributed by atoms with Crippen LogP contribution in [0.5, 0.6) is 0 Å². The average Bonchev–Trinajstić information content (AvgIpc) is 2.99. The Kier molecular flexibility index (Phi) is 5.74. The largest absolute Gasteiger partial charge is 0.345 e. The molecule has 2 saturated heterocycles. The number of hydrogen-bond acceptors (Lipinski definition) is 2. The number of nitrogens with zero attached hydrogens (tertiary/aromatic N) is 1. The van der Waals surface area contributed by atoms with Crippen molar-refractivity contribution in [3.8, 4) is 0 Å². The van der Waals surface area contributed by atoms with Crippen LogP contribution in [0.15, 0.2) is 0 Å². The summed E-state index contributed by atoms with van der Waals surface area (Å²) in [7, 11) is 2.01. The number of hydrogen-bond donors (Lipinski definition) is 1. The summed E-state index contributed by atoms with van der Waals surface area (Å²) in [5.74, 6) is 1.80. The summed E-state index contributed by atoms with van der Waals surface area (Å²) in [5.41, 5.74) is 0. The molecule has 4 heteroatoms. The van der Waals surface area contributed by atoms with E-state index in [4.69, 9.17) is 0 Å². The summed E-state index contributed by atoms with van der Waals surface area (Å²) in [4.78, 5) is 14.4. The lowest BCUT2D eigenvalue weighted by Gasteiger charge is -2.30. The van der Waals surface area contributed by atoms with E-state index in [2.05, 4.69) is 5.32 Å². The van der Waals surface area contributed by atoms with Gasteiger partial charge in [0.2, 0.25) is 5.91 Å². The molecule has 3 rings (SSSR count). The van der Waals surface area contributed by atoms with Crippen molar-refractivity contribution in [3.63, 3.8) is 0 Å². The molecule has 1 N–H and O–H groups in total. The Bertz CT molecular complexity index is 318. The van der Waals surface area contributed by atoms with Gasteiger partial charge in [-0.05, 0) is 50.4 Å². The minimum absolute atomic E-state index is 0. The monoisotopic (exact) mass is 300 g/mol. The van der Waals surface area contributed by atoms with Crippen molar-refractivity contribution in [2.45, 2.75) is 69.9 Å². The van der Waals surface area contributed by atoms with E-state index in [1.165, 1.54) is 51.4 Å². The number of carbonyl (C=O) groups is 1. The molecule has 3 nitrogen and oxygen atoms in total. The highest BCUT2D eigenvalue weighted by molar-refractivity contribution is 5.85. The minimum atomic E-state index is 0. The molecule has 0 aromatic heterocycles. The fraction of sp³-hybridized carbons (Fsp3) is 0.938. The summed E-state index contributed by atoms with van der Waals surface area (Å²) < 4.78 is 0. The van der Waals surface area contributed by atoms with Crippen LogP contribution in [0.1, 0.15) is 57.8 Å². The topological polar surface area (TPSA) is 32.3 Å². The zero-order valence-electron chi connectivity index (χ0n) is 12.6. The average molecular weight is 301 g/mol. The lowest BCUT2D eigenvalue weighted by atomic mass is 9.89. The van der Waals surface area contributed by atoms with Gasteiger partial charge in [-0.15, -0.1) is 12.4 Å². The number of amides is 1. The van der Waals surface area contributed by atoms with Gasteiger partial charge in [-0.2, -0.15) is 0 Å². The molecule has 2 heterocycles. The third-order valence-corrected chi connectivity index (χ3v) is 5.47. The van der Waals surface area contributed by atoms with E-state index in [1.54, 1.807) is 0 Å². The van der Waals surface area contributed by atoms with Crippen molar-refractivity contribution in [2.24, 2.45) is 11.8 Å². The maximum Gasteiger partial charge on any atom is 0.222 e. The molecule has 0 radical (unpaired) electrons. The molecule has 0 spiro atoms. The first-order valence-corrected chi connectivity index (χ1v) is 8.20. The third kappa shape index (κ3) is 3.88. The number of piperidine rings is 1. The number of carbonyl (C=O) groups excluding carboxylic acids is 1. The molecule has 0 aromatic rings. The first kappa shape index (κ1) is 16.1. The molecule has 3 fully saturated rings. The molecule has 2 unspecified atom stereocenters. The molecule has 1 aliphatic carbocycles. The fourth-order valence-electron chi connectivity index (χ4n) is 4.43. The predicted octanol–water partition coefficient (Wildman–Crippen LogP) is 2.98. The maximum absolute atomic E-state index is 12.3. The van der Waals surface area contributed by atoms with Crippen LogP contribution in [0.25, 0.3) is 0 Å². The van der Waals surface area contributed by atoms with E-state index in [0.717, 1.165) is 18.9 Å². The summed E-state index contributed by atoms with van der Waals surface area (Å²) >= 11 is 0. The Hall–Kier alpha value is -0.280. The van der Waals surface area contributed by atoms with Crippen molar-refractivity contribution in [3.05, 3.63) is 0 Å². The van der Waals surface area contributed by atoms with Crippen LogP contribution in [-0.2, 0) is 4.79 Å². The van der Waals surface area contributed by atoms with Gasteiger partial charge in [-0.3, -0.25) is 4.79 Å². The highest BCUT2D eigenvalue weighted by atomic mass is 35.5. The van der Waals surface area contributed by atoms with Crippen molar-refractivity contribution in [1.29, 1.82) is 0 Å². The van der Waals surface area contributed by atoms with E-state index < -0.39 is 0 Å². The fourth-order valence-corrected chi connectivity index (χ4v) is 4.43. The Labute approximate surface area is 129 Å². The summed E-state index contributed by atoms with van der Waals surface area (Å²) in [5, 5.41) is 3.66. The molecule has 1 amide bonds. The molecular weight excluding hydrogens is 272 g/mol. The van der Waals surface area contributed by atoms with Crippen molar-refractivity contribution in [1.82, 2.24) is 10.2 Å². The standard InChI is InChI=1S/C16H28N2O.ClH/c1-18(11-12-4-2-3-5-12)16(19)10-13-8-14-6-7-15(9-13)17-14;/h12-15,17H,2-11H2,1H3;1H. The first-order valence-electron chi connectivity index (χ1n) is 8.20. The van der Waals surface area contributed by atoms with Gasteiger partial charge in [0.05, 0.1) is 0 Å². The second-order valence-electron chi connectivity index (χ2n) is 7.10. The number of rotatable bonds is 4. The van der Waals surface area contributed by atoms with Crippen LogP contribution in [0, 0.1) is 11.8 Å². The summed E-state index contributed by atoms with van der Waals surface area (Å²) in [6.07, 6.45) is 11.3. The Morgan fingerprint density at radius 3 is 2.25 bits per heavy atom. The van der Waals surface area contributed by atoms with Gasteiger partial charge in [-0.25, -0.2) is 0 Å². The van der Waals surface area contributed by atoms with E-state index >= 15 is 0 Å². The van der Waals surface area contributed by atoms with Gasteiger partial charge >= 0.3 is 0 Å². The molecule has 2 aliphatic heterocycles.